The average molecular weight is 369 g/mol. The molecule has 0 aromatic carbocycles. The van der Waals surface area contributed by atoms with E-state index in [1.807, 2.05) is 10.8 Å². The highest BCUT2D eigenvalue weighted by atomic mass is 79.9. The van der Waals surface area contributed by atoms with Crippen LogP contribution in [0.5, 0.6) is 0 Å². The zero-order chi connectivity index (χ0) is 15.0. The summed E-state index contributed by atoms with van der Waals surface area (Å²) >= 11 is 4.68. The van der Waals surface area contributed by atoms with Gasteiger partial charge in [0.15, 0.2) is 6.04 Å². The molecule has 3 rings (SSSR count). The summed E-state index contributed by atoms with van der Waals surface area (Å²) in [6.07, 6.45) is 3.97. The molecule has 1 fully saturated rings. The monoisotopic (exact) mass is 368 g/mol. The maximum atomic E-state index is 12.4. The van der Waals surface area contributed by atoms with Crippen molar-refractivity contribution in [3.63, 3.8) is 0 Å². The van der Waals surface area contributed by atoms with Crippen molar-refractivity contribution in [2.75, 3.05) is 0 Å². The van der Waals surface area contributed by atoms with Crippen molar-refractivity contribution in [3.05, 3.63) is 44.8 Å². The molecular formula is C14H13BrN2O3S. The summed E-state index contributed by atoms with van der Waals surface area (Å²) < 4.78 is 2.73. The van der Waals surface area contributed by atoms with Crippen LogP contribution in [0, 0.1) is 0 Å². The molecule has 2 aromatic rings. The van der Waals surface area contributed by atoms with E-state index in [0.29, 0.717) is 16.6 Å². The number of rotatable bonds is 5. The molecule has 7 heteroatoms. The van der Waals surface area contributed by atoms with E-state index in [2.05, 4.69) is 21.2 Å². The van der Waals surface area contributed by atoms with Gasteiger partial charge in [0.25, 0.3) is 5.91 Å². The minimum atomic E-state index is -1.06. The Kier molecular flexibility index (Phi) is 3.86. The van der Waals surface area contributed by atoms with Gasteiger partial charge in [0, 0.05) is 21.6 Å². The summed E-state index contributed by atoms with van der Waals surface area (Å²) in [7, 11) is 0. The van der Waals surface area contributed by atoms with E-state index in [9.17, 15) is 14.7 Å². The molecule has 1 atom stereocenters. The van der Waals surface area contributed by atoms with Crippen LogP contribution in [-0.2, 0) is 4.79 Å². The third kappa shape index (κ3) is 3.03. The Balaban J connectivity index is 1.83. The fraction of sp³-hybridized carbons (Fsp3) is 0.286. The highest BCUT2D eigenvalue weighted by molar-refractivity contribution is 9.10. The van der Waals surface area contributed by atoms with Gasteiger partial charge in [0.05, 0.1) is 0 Å². The Labute approximate surface area is 133 Å². The van der Waals surface area contributed by atoms with Gasteiger partial charge in [-0.1, -0.05) is 6.07 Å². The van der Waals surface area contributed by atoms with Crippen LogP contribution in [-0.4, -0.2) is 21.6 Å². The maximum absolute atomic E-state index is 12.4. The van der Waals surface area contributed by atoms with E-state index in [4.69, 9.17) is 0 Å². The van der Waals surface area contributed by atoms with E-state index in [-0.39, 0.29) is 5.91 Å². The van der Waals surface area contributed by atoms with Crippen LogP contribution in [0.2, 0.25) is 0 Å². The smallest absolute Gasteiger partial charge is 0.331 e. The number of aliphatic carboxylic acids is 1. The molecule has 21 heavy (non-hydrogen) atoms. The molecule has 0 aliphatic heterocycles. The van der Waals surface area contributed by atoms with Crippen LogP contribution in [0.15, 0.2) is 34.2 Å². The molecule has 2 N–H and O–H groups in total. The highest BCUT2D eigenvalue weighted by Crippen LogP contribution is 2.37. The molecule has 1 amide bonds. The quantitative estimate of drug-likeness (QED) is 0.850. The topological polar surface area (TPSA) is 71.3 Å². The lowest BCUT2D eigenvalue weighted by molar-refractivity contribution is -0.139. The van der Waals surface area contributed by atoms with Crippen LogP contribution < -0.4 is 5.32 Å². The van der Waals surface area contributed by atoms with Gasteiger partial charge in [-0.15, -0.1) is 11.3 Å². The van der Waals surface area contributed by atoms with E-state index in [0.717, 1.165) is 17.3 Å². The first-order valence-electron chi connectivity index (χ1n) is 6.50. The van der Waals surface area contributed by atoms with E-state index in [1.165, 1.54) is 11.3 Å². The Morgan fingerprint density at radius 1 is 1.48 bits per heavy atom. The van der Waals surface area contributed by atoms with Crippen LogP contribution in [0.4, 0.5) is 0 Å². The number of amides is 1. The number of carbonyl (C=O) groups is 2. The molecule has 1 aliphatic rings. The summed E-state index contributed by atoms with van der Waals surface area (Å²) in [5.41, 5.74) is 0.493. The number of halogens is 1. The summed E-state index contributed by atoms with van der Waals surface area (Å²) in [4.78, 5) is 24.4. The lowest BCUT2D eigenvalue weighted by atomic mass is 10.2. The summed E-state index contributed by atoms with van der Waals surface area (Å²) in [5.74, 6) is -1.43. The Morgan fingerprint density at radius 3 is 2.81 bits per heavy atom. The third-order valence-corrected chi connectivity index (χ3v) is 4.71. The van der Waals surface area contributed by atoms with Crippen molar-refractivity contribution < 1.29 is 14.7 Å². The highest BCUT2D eigenvalue weighted by Gasteiger charge is 2.30. The number of hydrogen-bond acceptors (Lipinski definition) is 3. The largest absolute Gasteiger partial charge is 0.479 e. The SMILES string of the molecule is O=C(NC(C(=O)O)c1cccs1)c1cc(Br)cn1C1CC1. The molecule has 2 aromatic heterocycles. The van der Waals surface area contributed by atoms with Crippen molar-refractivity contribution in [1.82, 2.24) is 9.88 Å². The van der Waals surface area contributed by atoms with E-state index in [1.54, 1.807) is 23.6 Å². The molecule has 0 bridgehead atoms. The second kappa shape index (κ2) is 5.65. The average Bonchev–Trinajstić information content (AvgIpc) is 2.99. The number of aromatic nitrogens is 1. The molecule has 0 spiro atoms. The van der Waals surface area contributed by atoms with Gasteiger partial charge >= 0.3 is 5.97 Å². The predicted octanol–water partition coefficient (Wildman–Crippen LogP) is 3.20. The molecule has 0 saturated heterocycles. The Morgan fingerprint density at radius 2 is 2.24 bits per heavy atom. The van der Waals surface area contributed by atoms with Gasteiger partial charge in [-0.3, -0.25) is 4.79 Å². The van der Waals surface area contributed by atoms with Gasteiger partial charge in [0.2, 0.25) is 0 Å². The second-order valence-corrected chi connectivity index (χ2v) is 6.84. The van der Waals surface area contributed by atoms with Crippen molar-refractivity contribution in [1.29, 1.82) is 0 Å². The summed E-state index contributed by atoms with van der Waals surface area (Å²) in [5, 5.41) is 13.7. The summed E-state index contributed by atoms with van der Waals surface area (Å²) in [6, 6.07) is 4.53. The van der Waals surface area contributed by atoms with Gasteiger partial charge in [-0.2, -0.15) is 0 Å². The lowest BCUT2D eigenvalue weighted by Gasteiger charge is -2.14. The predicted molar refractivity (Wildman–Crippen MR) is 82.6 cm³/mol. The molecular weight excluding hydrogens is 356 g/mol. The zero-order valence-corrected chi connectivity index (χ0v) is 13.4. The number of hydrogen-bond donors (Lipinski definition) is 2. The standard InChI is InChI=1S/C14H13BrN2O3S/c15-8-6-10(17(7-8)9-3-4-9)13(18)16-12(14(19)20)11-2-1-5-21-11/h1-2,5-7,9,12H,3-4H2,(H,16,18)(H,19,20). The Bertz CT molecular complexity index is 676. The number of carbonyl (C=O) groups excluding carboxylic acids is 1. The number of nitrogens with zero attached hydrogens (tertiary/aromatic N) is 1. The number of carboxylic acids is 1. The zero-order valence-electron chi connectivity index (χ0n) is 11.0. The van der Waals surface area contributed by atoms with E-state index >= 15 is 0 Å². The first kappa shape index (κ1) is 14.3. The Hall–Kier alpha value is -1.60. The van der Waals surface area contributed by atoms with Crippen LogP contribution in [0.3, 0.4) is 0 Å². The van der Waals surface area contributed by atoms with Gasteiger partial charge in [-0.25, -0.2) is 4.79 Å². The van der Waals surface area contributed by atoms with Gasteiger partial charge < -0.3 is 15.0 Å². The maximum Gasteiger partial charge on any atom is 0.331 e. The van der Waals surface area contributed by atoms with E-state index < -0.39 is 12.0 Å². The molecule has 0 radical (unpaired) electrons. The van der Waals surface area contributed by atoms with Crippen molar-refractivity contribution >= 4 is 39.1 Å². The number of nitrogens with one attached hydrogen (secondary N) is 1. The first-order chi connectivity index (χ1) is 10.1. The van der Waals surface area contributed by atoms with Crippen molar-refractivity contribution in [2.24, 2.45) is 0 Å². The molecule has 110 valence electrons. The summed E-state index contributed by atoms with van der Waals surface area (Å²) in [6.45, 7) is 0. The molecule has 1 saturated carbocycles. The fourth-order valence-corrected chi connectivity index (χ4v) is 3.40. The van der Waals surface area contributed by atoms with Crippen LogP contribution in [0.1, 0.15) is 40.3 Å². The van der Waals surface area contributed by atoms with Crippen LogP contribution in [0.25, 0.3) is 0 Å². The normalized spacial score (nSPS) is 15.7. The molecule has 1 unspecified atom stereocenters. The van der Waals surface area contributed by atoms with Crippen LogP contribution >= 0.6 is 27.3 Å². The molecule has 2 heterocycles. The van der Waals surface area contributed by atoms with Crippen molar-refractivity contribution in [3.8, 4) is 0 Å². The first-order valence-corrected chi connectivity index (χ1v) is 8.18. The second-order valence-electron chi connectivity index (χ2n) is 4.94. The third-order valence-electron chi connectivity index (χ3n) is 3.34. The fourth-order valence-electron chi connectivity index (χ4n) is 2.20. The van der Waals surface area contributed by atoms with Gasteiger partial charge in [-0.05, 0) is 46.3 Å². The number of thiophene rings is 1. The number of carboxylic acid groups (broad SMARTS) is 1. The minimum absolute atomic E-state index is 0.349. The van der Waals surface area contributed by atoms with Gasteiger partial charge in [0.1, 0.15) is 5.69 Å². The molecule has 1 aliphatic carbocycles. The van der Waals surface area contributed by atoms with Crippen molar-refractivity contribution in [2.45, 2.75) is 24.9 Å². The lowest BCUT2D eigenvalue weighted by Crippen LogP contribution is -2.34. The molecule has 5 nitrogen and oxygen atoms in total. The minimum Gasteiger partial charge on any atom is -0.479 e.